The Morgan fingerprint density at radius 1 is 1.35 bits per heavy atom. The second-order valence-electron chi connectivity index (χ2n) is 5.36. The zero-order valence-corrected chi connectivity index (χ0v) is 11.4. The van der Waals surface area contributed by atoms with E-state index in [1.807, 2.05) is 0 Å². The molecule has 0 bridgehead atoms. The molecule has 0 radical (unpaired) electrons. The maximum atomic E-state index is 13.5. The van der Waals surface area contributed by atoms with Crippen LogP contribution in [-0.2, 0) is 4.79 Å². The molecule has 0 aliphatic heterocycles. The zero-order valence-electron chi connectivity index (χ0n) is 11.4. The number of hydrogen-bond acceptors (Lipinski definition) is 3. The van der Waals surface area contributed by atoms with Crippen molar-refractivity contribution in [1.29, 1.82) is 0 Å². The monoisotopic (exact) mass is 290 g/mol. The molecule has 0 fully saturated rings. The Hall–Kier alpha value is -1.76. The summed E-state index contributed by atoms with van der Waals surface area (Å²) < 4.78 is 41.4. The molecule has 1 amide bonds. The average molecular weight is 290 g/mol. The van der Waals surface area contributed by atoms with Crippen molar-refractivity contribution in [2.75, 3.05) is 5.32 Å². The Labute approximate surface area is 115 Å². The number of nitrogens with two attached hydrogens (primary N) is 1. The van der Waals surface area contributed by atoms with Crippen LogP contribution < -0.4 is 15.8 Å². The van der Waals surface area contributed by atoms with Crippen molar-refractivity contribution < 1.29 is 22.7 Å². The Balaban J connectivity index is 2.80. The fourth-order valence-corrected chi connectivity index (χ4v) is 1.38. The van der Waals surface area contributed by atoms with E-state index in [0.717, 1.165) is 12.1 Å². The van der Waals surface area contributed by atoms with Gasteiger partial charge in [0.25, 0.3) is 0 Å². The molecule has 0 aliphatic rings. The Bertz CT molecular complexity index is 487. The van der Waals surface area contributed by atoms with E-state index >= 15 is 0 Å². The predicted molar refractivity (Wildman–Crippen MR) is 69.1 cm³/mol. The number of ether oxygens (including phenoxy) is 1. The number of anilines is 1. The van der Waals surface area contributed by atoms with Gasteiger partial charge in [0, 0.05) is 11.8 Å². The number of nitrogens with one attached hydrogen (secondary N) is 1. The van der Waals surface area contributed by atoms with Crippen LogP contribution in [0.3, 0.4) is 0 Å². The third kappa shape index (κ3) is 4.41. The number of carbonyl (C=O) groups excluding carboxylic acids is 1. The molecule has 1 unspecified atom stereocenters. The summed E-state index contributed by atoms with van der Waals surface area (Å²) in [5, 5.41) is 2.42. The van der Waals surface area contributed by atoms with Crippen molar-refractivity contribution in [3.63, 3.8) is 0 Å². The number of halogens is 3. The fraction of sp³-hybridized carbons (Fsp3) is 0.462. The number of amides is 1. The van der Waals surface area contributed by atoms with E-state index in [9.17, 15) is 18.0 Å². The van der Waals surface area contributed by atoms with Gasteiger partial charge in [-0.2, -0.15) is 8.78 Å². The van der Waals surface area contributed by atoms with Crippen molar-refractivity contribution in [2.45, 2.75) is 33.4 Å². The Kier molecular flexibility index (Phi) is 4.99. The number of rotatable bonds is 4. The zero-order chi connectivity index (χ0) is 15.5. The maximum Gasteiger partial charge on any atom is 0.387 e. The highest BCUT2D eigenvalue weighted by atomic mass is 19.3. The summed E-state index contributed by atoms with van der Waals surface area (Å²) in [5.41, 5.74) is 5.41. The first kappa shape index (κ1) is 16.3. The van der Waals surface area contributed by atoms with Crippen LogP contribution in [0, 0.1) is 11.2 Å². The lowest BCUT2D eigenvalue weighted by atomic mass is 9.87. The average Bonchev–Trinajstić information content (AvgIpc) is 2.30. The molecule has 0 spiro atoms. The minimum Gasteiger partial charge on any atom is -0.432 e. The molecule has 1 rings (SSSR count). The van der Waals surface area contributed by atoms with Crippen LogP contribution in [-0.4, -0.2) is 18.6 Å². The highest BCUT2D eigenvalue weighted by molar-refractivity contribution is 5.95. The third-order valence-corrected chi connectivity index (χ3v) is 2.63. The third-order valence-electron chi connectivity index (χ3n) is 2.63. The lowest BCUT2D eigenvalue weighted by Gasteiger charge is -2.25. The molecule has 0 saturated carbocycles. The van der Waals surface area contributed by atoms with Crippen LogP contribution in [0.25, 0.3) is 0 Å². The first-order valence-electron chi connectivity index (χ1n) is 5.92. The molecule has 0 saturated heterocycles. The molecule has 20 heavy (non-hydrogen) atoms. The molecule has 0 aromatic heterocycles. The maximum absolute atomic E-state index is 13.5. The van der Waals surface area contributed by atoms with Crippen LogP contribution in [0.15, 0.2) is 18.2 Å². The molecule has 4 nitrogen and oxygen atoms in total. The summed E-state index contributed by atoms with van der Waals surface area (Å²) in [4.78, 5) is 11.8. The normalized spacial score (nSPS) is 13.2. The van der Waals surface area contributed by atoms with Gasteiger partial charge in [-0.15, -0.1) is 0 Å². The molecule has 1 aromatic rings. The van der Waals surface area contributed by atoms with E-state index in [2.05, 4.69) is 10.1 Å². The second kappa shape index (κ2) is 6.13. The smallest absolute Gasteiger partial charge is 0.387 e. The van der Waals surface area contributed by atoms with Gasteiger partial charge in [-0.1, -0.05) is 20.8 Å². The molecular weight excluding hydrogens is 273 g/mol. The minimum absolute atomic E-state index is 0.119. The molecule has 7 heteroatoms. The quantitative estimate of drug-likeness (QED) is 0.896. The highest BCUT2D eigenvalue weighted by Crippen LogP contribution is 2.24. The van der Waals surface area contributed by atoms with E-state index in [-0.39, 0.29) is 5.69 Å². The van der Waals surface area contributed by atoms with Crippen molar-refractivity contribution in [2.24, 2.45) is 11.1 Å². The molecule has 1 atom stereocenters. The number of benzene rings is 1. The lowest BCUT2D eigenvalue weighted by Crippen LogP contribution is -2.45. The highest BCUT2D eigenvalue weighted by Gasteiger charge is 2.27. The van der Waals surface area contributed by atoms with Crippen molar-refractivity contribution in [1.82, 2.24) is 0 Å². The lowest BCUT2D eigenvalue weighted by molar-refractivity contribution is -0.119. The van der Waals surface area contributed by atoms with Crippen molar-refractivity contribution >= 4 is 11.6 Å². The fourth-order valence-electron chi connectivity index (χ4n) is 1.38. The van der Waals surface area contributed by atoms with E-state index < -0.39 is 35.5 Å². The van der Waals surface area contributed by atoms with Gasteiger partial charge in [-0.3, -0.25) is 4.79 Å². The molecular formula is C13H17F3N2O2. The number of carbonyl (C=O) groups is 1. The van der Waals surface area contributed by atoms with Crippen LogP contribution in [0.5, 0.6) is 5.75 Å². The van der Waals surface area contributed by atoms with Gasteiger partial charge in [0.15, 0.2) is 11.6 Å². The number of hydrogen-bond donors (Lipinski definition) is 2. The predicted octanol–water partition coefficient (Wildman–Crippen LogP) is 2.74. The molecule has 112 valence electrons. The van der Waals surface area contributed by atoms with Gasteiger partial charge in [0.05, 0.1) is 6.04 Å². The van der Waals surface area contributed by atoms with Crippen molar-refractivity contribution in [3.8, 4) is 5.75 Å². The summed E-state index contributed by atoms with van der Waals surface area (Å²) in [7, 11) is 0. The summed E-state index contributed by atoms with van der Waals surface area (Å²) in [6.07, 6.45) is 0. The van der Waals surface area contributed by atoms with E-state index in [4.69, 9.17) is 5.73 Å². The summed E-state index contributed by atoms with van der Waals surface area (Å²) in [6, 6.07) is 2.38. The minimum atomic E-state index is -3.11. The first-order chi connectivity index (χ1) is 9.11. The van der Waals surface area contributed by atoms with Crippen LogP contribution >= 0.6 is 0 Å². The summed E-state index contributed by atoms with van der Waals surface area (Å²) in [6.45, 7) is 2.26. The van der Waals surface area contributed by atoms with Gasteiger partial charge < -0.3 is 15.8 Å². The van der Waals surface area contributed by atoms with Crippen LogP contribution in [0.4, 0.5) is 18.9 Å². The first-order valence-corrected chi connectivity index (χ1v) is 5.92. The van der Waals surface area contributed by atoms with Gasteiger partial charge in [-0.25, -0.2) is 4.39 Å². The van der Waals surface area contributed by atoms with Gasteiger partial charge >= 0.3 is 6.61 Å². The molecule has 3 N–H and O–H groups in total. The molecule has 1 aromatic carbocycles. The van der Waals surface area contributed by atoms with E-state index in [0.29, 0.717) is 0 Å². The van der Waals surface area contributed by atoms with E-state index in [1.165, 1.54) is 6.07 Å². The molecule has 0 heterocycles. The Morgan fingerprint density at radius 2 is 1.95 bits per heavy atom. The van der Waals surface area contributed by atoms with Gasteiger partial charge in [0.2, 0.25) is 5.91 Å². The van der Waals surface area contributed by atoms with Crippen LogP contribution in [0.2, 0.25) is 0 Å². The SMILES string of the molecule is CC(C)(C)C(N)C(=O)Nc1ccc(OC(F)F)c(F)c1. The summed E-state index contributed by atoms with van der Waals surface area (Å²) in [5.74, 6) is -2.06. The number of alkyl halides is 2. The topological polar surface area (TPSA) is 64.4 Å². The van der Waals surface area contributed by atoms with Gasteiger partial charge in [0.1, 0.15) is 0 Å². The van der Waals surface area contributed by atoms with Gasteiger partial charge in [-0.05, 0) is 17.5 Å². The van der Waals surface area contributed by atoms with E-state index in [1.54, 1.807) is 20.8 Å². The summed E-state index contributed by atoms with van der Waals surface area (Å²) >= 11 is 0. The van der Waals surface area contributed by atoms with Crippen molar-refractivity contribution in [3.05, 3.63) is 24.0 Å². The Morgan fingerprint density at radius 3 is 2.40 bits per heavy atom. The molecule has 0 aliphatic carbocycles. The largest absolute Gasteiger partial charge is 0.432 e. The second-order valence-corrected chi connectivity index (χ2v) is 5.36. The van der Waals surface area contributed by atoms with Crippen LogP contribution in [0.1, 0.15) is 20.8 Å². The standard InChI is InChI=1S/C13H17F3N2O2/c1-13(2,3)10(17)11(19)18-7-4-5-9(8(14)6-7)20-12(15)16/h4-6,10,12H,17H2,1-3H3,(H,18,19).